The van der Waals surface area contributed by atoms with E-state index in [2.05, 4.69) is 25.8 Å². The molecule has 6 rings (SSSR count). The minimum absolute atomic E-state index is 0.0490. The number of carbonyl (C=O) groups excluding carboxylic acids is 2. The summed E-state index contributed by atoms with van der Waals surface area (Å²) in [5, 5.41) is 32.3. The van der Waals surface area contributed by atoms with Gasteiger partial charge in [-0.15, -0.1) is 5.11 Å². The number of amides is 2. The van der Waals surface area contributed by atoms with Gasteiger partial charge in [0.25, 0.3) is 5.91 Å². The van der Waals surface area contributed by atoms with Crippen LogP contribution < -0.4 is 20.1 Å². The summed E-state index contributed by atoms with van der Waals surface area (Å²) in [6.07, 6.45) is 1.06. The fraction of sp³-hybridized carbons (Fsp3) is 0.208. The third-order valence-electron chi connectivity index (χ3n) is 9.94. The van der Waals surface area contributed by atoms with E-state index in [9.17, 15) is 43.0 Å². The van der Waals surface area contributed by atoms with Gasteiger partial charge in [0.2, 0.25) is 11.8 Å². The van der Waals surface area contributed by atoms with Gasteiger partial charge in [-0.3, -0.25) is 14.4 Å². The second-order valence-electron chi connectivity index (χ2n) is 14.8. The van der Waals surface area contributed by atoms with Crippen LogP contribution >= 0.6 is 10.9 Å². The van der Waals surface area contributed by atoms with Gasteiger partial charge < -0.3 is 44.0 Å². The Hall–Kier alpha value is -7.51. The summed E-state index contributed by atoms with van der Waals surface area (Å²) in [7, 11) is -4.02. The maximum absolute atomic E-state index is 13.4. The van der Waals surface area contributed by atoms with Crippen LogP contribution in [-0.2, 0) is 27.3 Å². The third-order valence-corrected chi connectivity index (χ3v) is 10.9. The lowest BCUT2D eigenvalue weighted by atomic mass is 10.0. The van der Waals surface area contributed by atoms with Crippen LogP contribution in [0.15, 0.2) is 155 Å². The summed E-state index contributed by atoms with van der Waals surface area (Å²) in [4.78, 5) is 59.6. The first-order valence-corrected chi connectivity index (χ1v) is 22.3. The van der Waals surface area contributed by atoms with Gasteiger partial charge in [0.15, 0.2) is 5.82 Å². The first-order valence-electron chi connectivity index (χ1n) is 20.8. The second kappa shape index (κ2) is 23.4. The van der Waals surface area contributed by atoms with Crippen LogP contribution in [0.25, 0.3) is 22.4 Å². The van der Waals surface area contributed by atoms with Crippen molar-refractivity contribution in [3.63, 3.8) is 0 Å². The molecule has 2 heterocycles. The quantitative estimate of drug-likeness (QED) is 0.0235. The Kier molecular flexibility index (Phi) is 17.0. The van der Waals surface area contributed by atoms with Crippen molar-refractivity contribution >= 4 is 40.4 Å². The number of hydrogen-bond acceptors (Lipinski definition) is 13. The maximum atomic E-state index is 13.4. The average molecular weight is 917 g/mol. The number of hydrogen-bond donors (Lipinski definition) is 7. The van der Waals surface area contributed by atoms with Gasteiger partial charge in [-0.25, -0.2) is 14.8 Å². The molecule has 17 nitrogen and oxygen atoms in total. The zero-order chi connectivity index (χ0) is 46.9. The van der Waals surface area contributed by atoms with Gasteiger partial charge in [0, 0.05) is 18.1 Å². The Labute approximate surface area is 381 Å². The molecule has 7 N–H and O–H groups in total. The van der Waals surface area contributed by atoms with Crippen molar-refractivity contribution in [2.75, 3.05) is 13.2 Å². The monoisotopic (exact) mass is 916 g/mol. The van der Waals surface area contributed by atoms with Crippen molar-refractivity contribution in [1.29, 1.82) is 0 Å². The molecule has 18 heteroatoms. The van der Waals surface area contributed by atoms with Crippen molar-refractivity contribution in [3.05, 3.63) is 156 Å². The predicted molar refractivity (Wildman–Crippen MR) is 246 cm³/mol. The molecule has 0 aliphatic rings. The molecule has 0 aliphatic carbocycles. The smallest absolute Gasteiger partial charge is 0.326 e. The SMILES string of the molecule is O=C(O)CC(NC(=O)c1cccc(N=NCc2ccccc2S(O)(O)O)n1)C(=O)NC(Cc1ccccc1OCCCCCOc1cc(-c2ccccc2)cc(-c2ccccc2)n1)C(=O)O. The number of rotatable bonds is 23. The van der Waals surface area contributed by atoms with E-state index in [4.69, 9.17) is 14.5 Å². The van der Waals surface area contributed by atoms with Crippen LogP contribution in [0.2, 0.25) is 0 Å². The largest absolute Gasteiger partial charge is 0.493 e. The fourth-order valence-electron chi connectivity index (χ4n) is 6.69. The summed E-state index contributed by atoms with van der Waals surface area (Å²) in [6.45, 7) is 0.568. The van der Waals surface area contributed by atoms with Crippen LogP contribution in [0.5, 0.6) is 11.6 Å². The molecule has 0 saturated carbocycles. The number of nitrogens with one attached hydrogen (secondary N) is 2. The topological polar surface area (TPSA) is 262 Å². The molecule has 0 spiro atoms. The number of aliphatic carboxylic acids is 2. The fourth-order valence-corrected chi connectivity index (χ4v) is 7.43. The minimum Gasteiger partial charge on any atom is -0.493 e. The average Bonchev–Trinajstić information content (AvgIpc) is 3.31. The van der Waals surface area contributed by atoms with E-state index in [0.717, 1.165) is 35.2 Å². The number of carboxylic acids is 2. The maximum Gasteiger partial charge on any atom is 0.326 e. The molecule has 0 bridgehead atoms. The summed E-state index contributed by atoms with van der Waals surface area (Å²) in [5.41, 5.74) is 4.33. The molecule has 2 amide bonds. The molecular weight excluding hydrogens is 869 g/mol. The summed E-state index contributed by atoms with van der Waals surface area (Å²) < 4.78 is 41.2. The Morgan fingerprint density at radius 2 is 1.29 bits per heavy atom. The standard InChI is InChI=1S/C48H48N6O11S/c55-45(56)30-39(52-46(57)37-21-14-24-43(50-37)54-49-31-35-20-9-11-23-42(35)66(61,62)63)47(58)53-40(48(59)60)27-34-19-8-10-22-41(34)64-25-12-3-13-26-65-44-29-36(32-15-4-1-5-16-32)28-38(51-44)33-17-6-2-7-18-33/h1-2,4-11,14-24,28-29,39-40,61-63H,3,12-13,25-27,30-31H2,(H,52,57)(H,53,58)(H,55,56)(H,59,60). The van der Waals surface area contributed by atoms with Crippen LogP contribution in [0.1, 0.15) is 47.3 Å². The number of aromatic nitrogens is 2. The molecule has 66 heavy (non-hydrogen) atoms. The molecule has 342 valence electrons. The van der Waals surface area contributed by atoms with Crippen LogP contribution in [0, 0.1) is 0 Å². The van der Waals surface area contributed by atoms with Crippen molar-refractivity contribution in [2.24, 2.45) is 10.2 Å². The van der Waals surface area contributed by atoms with Gasteiger partial charge in [0.05, 0.1) is 36.8 Å². The van der Waals surface area contributed by atoms with E-state index in [1.54, 1.807) is 30.3 Å². The number of nitrogens with zero attached hydrogens (tertiary/aromatic N) is 4. The highest BCUT2D eigenvalue weighted by Crippen LogP contribution is 2.45. The number of azo groups is 1. The van der Waals surface area contributed by atoms with Gasteiger partial charge in [-0.05, 0) is 71.8 Å². The lowest BCUT2D eigenvalue weighted by molar-refractivity contribution is -0.142. The molecule has 2 aromatic heterocycles. The Balaban J connectivity index is 1.01. The Morgan fingerprint density at radius 3 is 1.98 bits per heavy atom. The highest BCUT2D eigenvalue weighted by molar-refractivity contribution is 8.19. The number of carboxylic acid groups (broad SMARTS) is 2. The first-order chi connectivity index (χ1) is 31.8. The number of pyridine rings is 2. The molecule has 4 aromatic carbocycles. The van der Waals surface area contributed by atoms with E-state index in [1.807, 2.05) is 72.8 Å². The van der Waals surface area contributed by atoms with Gasteiger partial charge in [-0.1, -0.05) is 103 Å². The van der Waals surface area contributed by atoms with Crippen molar-refractivity contribution in [3.8, 4) is 34.0 Å². The number of carbonyl (C=O) groups is 4. The van der Waals surface area contributed by atoms with Crippen LogP contribution in [0.4, 0.5) is 5.82 Å². The molecule has 0 fully saturated rings. The minimum atomic E-state index is -4.02. The molecule has 2 unspecified atom stereocenters. The number of para-hydroxylation sites is 1. The van der Waals surface area contributed by atoms with Crippen LogP contribution in [0.3, 0.4) is 0 Å². The molecule has 6 aromatic rings. The van der Waals surface area contributed by atoms with Gasteiger partial charge in [0.1, 0.15) is 34.4 Å². The molecule has 2 atom stereocenters. The van der Waals surface area contributed by atoms with Gasteiger partial charge >= 0.3 is 11.9 Å². The first kappa shape index (κ1) is 48.0. The highest BCUT2D eigenvalue weighted by atomic mass is 32.3. The van der Waals surface area contributed by atoms with Crippen molar-refractivity contribution in [2.45, 2.75) is 55.6 Å². The molecule has 0 radical (unpaired) electrons. The third kappa shape index (κ3) is 14.2. The van der Waals surface area contributed by atoms with E-state index in [1.165, 1.54) is 36.4 Å². The lowest BCUT2D eigenvalue weighted by Crippen LogP contribution is -2.53. The lowest BCUT2D eigenvalue weighted by Gasteiger charge is -2.21. The highest BCUT2D eigenvalue weighted by Gasteiger charge is 2.30. The number of benzene rings is 4. The predicted octanol–water partition coefficient (Wildman–Crippen LogP) is 8.69. The molecular formula is C48H48N6O11S. The van der Waals surface area contributed by atoms with Gasteiger partial charge in [-0.2, -0.15) is 5.11 Å². The molecule has 0 aliphatic heterocycles. The van der Waals surface area contributed by atoms with Crippen molar-refractivity contribution in [1.82, 2.24) is 20.6 Å². The van der Waals surface area contributed by atoms with E-state index in [-0.39, 0.29) is 34.9 Å². The normalized spacial score (nSPS) is 12.5. The second-order valence-corrected chi connectivity index (χ2v) is 16.3. The zero-order valence-electron chi connectivity index (χ0n) is 35.5. The van der Waals surface area contributed by atoms with Crippen LogP contribution in [-0.4, -0.2) is 82.9 Å². The Morgan fingerprint density at radius 1 is 0.636 bits per heavy atom. The summed E-state index contributed by atoms with van der Waals surface area (Å²) >= 11 is 0. The number of ether oxygens (including phenoxy) is 2. The van der Waals surface area contributed by atoms with E-state index in [0.29, 0.717) is 36.8 Å². The summed E-state index contributed by atoms with van der Waals surface area (Å²) in [5.74, 6) is -3.95. The van der Waals surface area contributed by atoms with E-state index >= 15 is 0 Å². The summed E-state index contributed by atoms with van der Waals surface area (Å²) in [6, 6.07) is 37.5. The molecule has 0 saturated heterocycles. The zero-order valence-corrected chi connectivity index (χ0v) is 36.3. The Bertz CT molecular complexity index is 2570. The van der Waals surface area contributed by atoms with E-state index < -0.39 is 53.1 Å². The number of unbranched alkanes of at least 4 members (excludes halogenated alkanes) is 2. The van der Waals surface area contributed by atoms with Crippen molar-refractivity contribution < 1.29 is 52.5 Å².